The highest BCUT2D eigenvalue weighted by Crippen LogP contribution is 2.23. The quantitative estimate of drug-likeness (QED) is 0.802. The second-order valence-electron chi connectivity index (χ2n) is 4.50. The number of ether oxygens (including phenoxy) is 1. The molecule has 0 spiro atoms. The molecule has 0 atom stereocenters. The molecule has 5 nitrogen and oxygen atoms in total. The highest BCUT2D eigenvalue weighted by atomic mass is 16.5. The maximum absolute atomic E-state index is 11.3. The molecule has 5 heteroatoms. The minimum Gasteiger partial charge on any atom is -0.381 e. The summed E-state index contributed by atoms with van der Waals surface area (Å²) in [6.45, 7) is 2.00. The summed E-state index contributed by atoms with van der Waals surface area (Å²) in [5.41, 5.74) is 2.28. The van der Waals surface area contributed by atoms with Crippen LogP contribution in [0.3, 0.4) is 0 Å². The molecule has 2 aliphatic rings. The van der Waals surface area contributed by atoms with Crippen LogP contribution < -0.4 is 10.6 Å². The van der Waals surface area contributed by atoms with Crippen LogP contribution in [0.25, 0.3) is 0 Å². The number of rotatable bonds is 1. The molecule has 0 aliphatic carbocycles. The van der Waals surface area contributed by atoms with Gasteiger partial charge in [-0.15, -0.1) is 0 Å². The van der Waals surface area contributed by atoms with Crippen molar-refractivity contribution in [3.63, 3.8) is 0 Å². The molecule has 0 saturated carbocycles. The van der Waals surface area contributed by atoms with Crippen molar-refractivity contribution < 1.29 is 14.3 Å². The van der Waals surface area contributed by atoms with Crippen molar-refractivity contribution in [2.24, 2.45) is 0 Å². The van der Waals surface area contributed by atoms with Gasteiger partial charge in [0.2, 0.25) is 5.91 Å². The molecule has 1 aromatic carbocycles. The average molecular weight is 262 g/mol. The van der Waals surface area contributed by atoms with Crippen molar-refractivity contribution in [1.29, 1.82) is 0 Å². The molecule has 2 N–H and O–H groups in total. The van der Waals surface area contributed by atoms with Crippen molar-refractivity contribution in [2.45, 2.75) is 19.3 Å². The fourth-order valence-electron chi connectivity index (χ4n) is 2.03. The minimum atomic E-state index is -0.132. The van der Waals surface area contributed by atoms with Gasteiger partial charge in [-0.25, -0.2) is 0 Å². The number of amides is 2. The van der Waals surface area contributed by atoms with Gasteiger partial charge in [-0.05, 0) is 36.6 Å². The van der Waals surface area contributed by atoms with Crippen molar-refractivity contribution in [3.05, 3.63) is 29.3 Å². The van der Waals surface area contributed by atoms with E-state index < -0.39 is 0 Å². The molecule has 1 aromatic rings. The van der Waals surface area contributed by atoms with Gasteiger partial charge >= 0.3 is 0 Å². The second kappa shape index (κ2) is 6.33. The normalized spacial score (nSPS) is 16.2. The number of benzene rings is 1. The van der Waals surface area contributed by atoms with Crippen LogP contribution in [0.5, 0.6) is 0 Å². The van der Waals surface area contributed by atoms with E-state index in [1.165, 1.54) is 12.8 Å². The lowest BCUT2D eigenvalue weighted by Gasteiger charge is -2.02. The summed E-state index contributed by atoms with van der Waals surface area (Å²) < 4.78 is 4.94. The van der Waals surface area contributed by atoms with Crippen LogP contribution in [-0.4, -0.2) is 32.1 Å². The highest BCUT2D eigenvalue weighted by molar-refractivity contribution is 6.01. The highest BCUT2D eigenvalue weighted by Gasteiger charge is 2.18. The Bertz CT molecular complexity index is 474. The van der Waals surface area contributed by atoms with E-state index in [0.29, 0.717) is 12.0 Å². The van der Waals surface area contributed by atoms with Gasteiger partial charge < -0.3 is 15.4 Å². The van der Waals surface area contributed by atoms with Crippen LogP contribution in [0.15, 0.2) is 18.2 Å². The van der Waals surface area contributed by atoms with Crippen LogP contribution >= 0.6 is 0 Å². The summed E-state index contributed by atoms with van der Waals surface area (Å²) in [5.74, 6) is -0.152. The van der Waals surface area contributed by atoms with Gasteiger partial charge in [-0.3, -0.25) is 9.59 Å². The van der Waals surface area contributed by atoms with E-state index >= 15 is 0 Å². The van der Waals surface area contributed by atoms with Gasteiger partial charge in [0.25, 0.3) is 5.91 Å². The summed E-state index contributed by atoms with van der Waals surface area (Å²) in [7, 11) is 1.58. The summed E-state index contributed by atoms with van der Waals surface area (Å²) in [5, 5.41) is 5.25. The van der Waals surface area contributed by atoms with Gasteiger partial charge in [0.1, 0.15) is 0 Å². The summed E-state index contributed by atoms with van der Waals surface area (Å²) >= 11 is 0. The maximum atomic E-state index is 11.3. The zero-order valence-electron chi connectivity index (χ0n) is 11.0. The zero-order chi connectivity index (χ0) is 13.7. The molecule has 0 aromatic heterocycles. The van der Waals surface area contributed by atoms with E-state index in [4.69, 9.17) is 4.74 Å². The first-order chi connectivity index (χ1) is 9.20. The Labute approximate surface area is 112 Å². The van der Waals surface area contributed by atoms with Gasteiger partial charge in [0, 0.05) is 31.5 Å². The Kier molecular flexibility index (Phi) is 4.52. The van der Waals surface area contributed by atoms with Gasteiger partial charge in [-0.2, -0.15) is 0 Å². The lowest BCUT2D eigenvalue weighted by Crippen LogP contribution is -2.17. The Morgan fingerprint density at radius 2 is 2.05 bits per heavy atom. The molecule has 0 bridgehead atoms. The van der Waals surface area contributed by atoms with Crippen molar-refractivity contribution in [3.8, 4) is 0 Å². The predicted octanol–water partition coefficient (Wildman–Crippen LogP) is 1.34. The molecule has 2 aliphatic heterocycles. The minimum absolute atomic E-state index is 0.0194. The zero-order valence-corrected chi connectivity index (χ0v) is 11.0. The Balaban J connectivity index is 0.000000224. The van der Waals surface area contributed by atoms with E-state index in [2.05, 4.69) is 10.6 Å². The first-order valence-electron chi connectivity index (χ1n) is 6.43. The summed E-state index contributed by atoms with van der Waals surface area (Å²) in [6, 6.07) is 5.19. The van der Waals surface area contributed by atoms with Crippen LogP contribution in [0.4, 0.5) is 5.69 Å². The average Bonchev–Trinajstić information content (AvgIpc) is 3.08. The topological polar surface area (TPSA) is 67.4 Å². The lowest BCUT2D eigenvalue weighted by atomic mass is 10.1. The number of fused-ring (bicyclic) bond motifs is 1. The molecule has 0 radical (unpaired) electrons. The molecule has 102 valence electrons. The van der Waals surface area contributed by atoms with Gasteiger partial charge in [-0.1, -0.05) is 0 Å². The Hall–Kier alpha value is -1.88. The first-order valence-corrected chi connectivity index (χ1v) is 6.43. The third-order valence-corrected chi connectivity index (χ3v) is 3.05. The molecular weight excluding hydrogens is 244 g/mol. The Morgan fingerprint density at radius 3 is 2.63 bits per heavy atom. The number of nitrogens with one attached hydrogen (secondary N) is 2. The first kappa shape index (κ1) is 13.5. The fourth-order valence-corrected chi connectivity index (χ4v) is 2.03. The van der Waals surface area contributed by atoms with E-state index in [1.807, 2.05) is 0 Å². The second-order valence-corrected chi connectivity index (χ2v) is 4.50. The maximum Gasteiger partial charge on any atom is 0.251 e. The number of hydrogen-bond acceptors (Lipinski definition) is 3. The predicted molar refractivity (Wildman–Crippen MR) is 72.2 cm³/mol. The van der Waals surface area contributed by atoms with Crippen molar-refractivity contribution >= 4 is 17.5 Å². The molecule has 2 heterocycles. The lowest BCUT2D eigenvalue weighted by molar-refractivity contribution is -0.115. The van der Waals surface area contributed by atoms with Crippen LogP contribution in [0.1, 0.15) is 28.8 Å². The molecule has 1 fully saturated rings. The van der Waals surface area contributed by atoms with Gasteiger partial charge in [0.05, 0.1) is 6.42 Å². The van der Waals surface area contributed by atoms with Crippen LogP contribution in [0, 0.1) is 0 Å². The molecule has 1 saturated heterocycles. The third kappa shape index (κ3) is 3.54. The van der Waals surface area contributed by atoms with Crippen molar-refractivity contribution in [2.75, 3.05) is 25.6 Å². The monoisotopic (exact) mass is 262 g/mol. The van der Waals surface area contributed by atoms with Crippen LogP contribution in [0.2, 0.25) is 0 Å². The molecule has 2 amide bonds. The van der Waals surface area contributed by atoms with E-state index in [9.17, 15) is 9.59 Å². The summed E-state index contributed by atoms with van der Waals surface area (Å²) in [4.78, 5) is 22.3. The van der Waals surface area contributed by atoms with E-state index in [0.717, 1.165) is 24.5 Å². The number of anilines is 1. The SMILES string of the molecule is C1CCOC1.CNC(=O)c1ccc2c(c1)CC(=O)N2. The molecule has 19 heavy (non-hydrogen) atoms. The van der Waals surface area contributed by atoms with E-state index in [1.54, 1.807) is 25.2 Å². The Morgan fingerprint density at radius 1 is 1.32 bits per heavy atom. The number of carbonyl (C=O) groups is 2. The third-order valence-electron chi connectivity index (χ3n) is 3.05. The van der Waals surface area contributed by atoms with E-state index in [-0.39, 0.29) is 11.8 Å². The fraction of sp³-hybridized carbons (Fsp3) is 0.429. The standard InChI is InChI=1S/C10H10N2O2.C4H8O/c1-11-10(14)6-2-3-8-7(4-6)5-9(13)12-8;1-2-4-5-3-1/h2-4H,5H2,1H3,(H,11,14)(H,12,13);1-4H2. The van der Waals surface area contributed by atoms with Crippen LogP contribution in [-0.2, 0) is 16.0 Å². The molecular formula is C14H18N2O3. The van der Waals surface area contributed by atoms with Gasteiger partial charge in [0.15, 0.2) is 0 Å². The summed E-state index contributed by atoms with van der Waals surface area (Å²) in [6.07, 6.45) is 2.92. The van der Waals surface area contributed by atoms with Crippen molar-refractivity contribution in [1.82, 2.24) is 5.32 Å². The number of hydrogen-bond donors (Lipinski definition) is 2. The largest absolute Gasteiger partial charge is 0.381 e. The molecule has 0 unspecified atom stereocenters. The molecule has 3 rings (SSSR count). The smallest absolute Gasteiger partial charge is 0.251 e. The number of carbonyl (C=O) groups excluding carboxylic acids is 2.